The van der Waals surface area contributed by atoms with Crippen molar-refractivity contribution in [3.63, 3.8) is 0 Å². The third-order valence-corrected chi connectivity index (χ3v) is 3.23. The molecule has 0 saturated heterocycles. The first-order valence-electron chi connectivity index (χ1n) is 5.51. The normalized spacial score (nSPS) is 29.9. The molecule has 3 atom stereocenters. The summed E-state index contributed by atoms with van der Waals surface area (Å²) in [7, 11) is 0. The summed E-state index contributed by atoms with van der Waals surface area (Å²) in [6.45, 7) is 5.39. The standard InChI is InChI=1S/C12H21N/c1-4-10-7-8-11(9-10)12(5-2)13-6-3/h2,10-13H,4,6-9H2,1,3H3. The summed E-state index contributed by atoms with van der Waals surface area (Å²) in [5.74, 6) is 4.54. The molecule has 0 bridgehead atoms. The van der Waals surface area contributed by atoms with E-state index in [9.17, 15) is 0 Å². The van der Waals surface area contributed by atoms with Crippen LogP contribution in [0.4, 0.5) is 0 Å². The molecule has 0 amide bonds. The van der Waals surface area contributed by atoms with Crippen molar-refractivity contribution in [2.75, 3.05) is 6.54 Å². The molecule has 1 N–H and O–H groups in total. The molecule has 1 nitrogen and oxygen atoms in total. The molecule has 0 spiro atoms. The largest absolute Gasteiger partial charge is 0.304 e. The van der Waals surface area contributed by atoms with Gasteiger partial charge in [-0.1, -0.05) is 32.6 Å². The molecule has 1 fully saturated rings. The van der Waals surface area contributed by atoms with Crippen molar-refractivity contribution in [2.45, 2.75) is 45.6 Å². The van der Waals surface area contributed by atoms with Crippen LogP contribution in [0.15, 0.2) is 0 Å². The van der Waals surface area contributed by atoms with Crippen LogP contribution in [-0.4, -0.2) is 12.6 Å². The minimum atomic E-state index is 0.321. The molecule has 0 heterocycles. The topological polar surface area (TPSA) is 12.0 Å². The van der Waals surface area contributed by atoms with E-state index in [-0.39, 0.29) is 0 Å². The monoisotopic (exact) mass is 179 g/mol. The molecular weight excluding hydrogens is 158 g/mol. The van der Waals surface area contributed by atoms with Crippen molar-refractivity contribution < 1.29 is 0 Å². The lowest BCUT2D eigenvalue weighted by atomic mass is 9.96. The van der Waals surface area contributed by atoms with Gasteiger partial charge < -0.3 is 5.32 Å². The Labute approximate surface area is 82.3 Å². The smallest absolute Gasteiger partial charge is 0.0715 e. The van der Waals surface area contributed by atoms with Crippen LogP contribution in [0.1, 0.15) is 39.5 Å². The highest BCUT2D eigenvalue weighted by molar-refractivity contribution is 5.03. The fourth-order valence-electron chi connectivity index (χ4n) is 2.37. The zero-order chi connectivity index (χ0) is 9.68. The van der Waals surface area contributed by atoms with Gasteiger partial charge in [0.25, 0.3) is 0 Å². The molecular formula is C12H21N. The van der Waals surface area contributed by atoms with Gasteiger partial charge in [-0.3, -0.25) is 0 Å². The second kappa shape index (κ2) is 5.29. The second-order valence-electron chi connectivity index (χ2n) is 4.05. The molecule has 0 aromatic heterocycles. The van der Waals surface area contributed by atoms with E-state index in [2.05, 4.69) is 25.1 Å². The lowest BCUT2D eigenvalue weighted by Crippen LogP contribution is -2.33. The van der Waals surface area contributed by atoms with Gasteiger partial charge in [-0.2, -0.15) is 0 Å². The van der Waals surface area contributed by atoms with Gasteiger partial charge in [0.2, 0.25) is 0 Å². The first-order chi connectivity index (χ1) is 6.31. The zero-order valence-corrected chi connectivity index (χ0v) is 8.84. The van der Waals surface area contributed by atoms with Gasteiger partial charge in [-0.25, -0.2) is 0 Å². The highest BCUT2D eigenvalue weighted by atomic mass is 14.9. The first-order valence-corrected chi connectivity index (χ1v) is 5.51. The molecule has 1 heteroatoms. The Balaban J connectivity index is 2.39. The Morgan fingerprint density at radius 1 is 1.46 bits per heavy atom. The lowest BCUT2D eigenvalue weighted by Gasteiger charge is -2.18. The third kappa shape index (κ3) is 2.74. The lowest BCUT2D eigenvalue weighted by molar-refractivity contribution is 0.409. The van der Waals surface area contributed by atoms with Gasteiger partial charge in [-0.15, -0.1) is 6.42 Å². The summed E-state index contributed by atoms with van der Waals surface area (Å²) in [5, 5.41) is 3.38. The van der Waals surface area contributed by atoms with E-state index in [1.165, 1.54) is 25.7 Å². The van der Waals surface area contributed by atoms with Crippen LogP contribution in [0.3, 0.4) is 0 Å². The van der Waals surface area contributed by atoms with Crippen molar-refractivity contribution in [1.29, 1.82) is 0 Å². The van der Waals surface area contributed by atoms with Gasteiger partial charge in [0, 0.05) is 0 Å². The van der Waals surface area contributed by atoms with E-state index in [4.69, 9.17) is 6.42 Å². The molecule has 0 aromatic carbocycles. The quantitative estimate of drug-likeness (QED) is 0.654. The summed E-state index contributed by atoms with van der Waals surface area (Å²) in [5.41, 5.74) is 0. The van der Waals surface area contributed by atoms with E-state index in [1.807, 2.05) is 0 Å². The molecule has 13 heavy (non-hydrogen) atoms. The van der Waals surface area contributed by atoms with Crippen LogP contribution in [0, 0.1) is 24.2 Å². The van der Waals surface area contributed by atoms with Gasteiger partial charge in [0.05, 0.1) is 6.04 Å². The maximum Gasteiger partial charge on any atom is 0.0715 e. The van der Waals surface area contributed by atoms with E-state index in [0.717, 1.165) is 18.4 Å². The van der Waals surface area contributed by atoms with E-state index >= 15 is 0 Å². The summed E-state index contributed by atoms with van der Waals surface area (Å²) in [6, 6.07) is 0.321. The third-order valence-electron chi connectivity index (χ3n) is 3.23. The molecule has 3 unspecified atom stereocenters. The number of hydrogen-bond acceptors (Lipinski definition) is 1. The fourth-order valence-corrected chi connectivity index (χ4v) is 2.37. The molecule has 1 rings (SSSR count). The van der Waals surface area contributed by atoms with Crippen LogP contribution in [0.2, 0.25) is 0 Å². The van der Waals surface area contributed by atoms with Crippen LogP contribution in [0.5, 0.6) is 0 Å². The number of terminal acetylenes is 1. The molecule has 0 aliphatic heterocycles. The van der Waals surface area contributed by atoms with Crippen molar-refractivity contribution in [2.24, 2.45) is 11.8 Å². The van der Waals surface area contributed by atoms with E-state index < -0.39 is 0 Å². The van der Waals surface area contributed by atoms with Crippen molar-refractivity contribution in [1.82, 2.24) is 5.32 Å². The number of nitrogens with one attached hydrogen (secondary N) is 1. The zero-order valence-electron chi connectivity index (χ0n) is 8.84. The van der Waals surface area contributed by atoms with Crippen LogP contribution in [-0.2, 0) is 0 Å². The van der Waals surface area contributed by atoms with Gasteiger partial charge in [0.15, 0.2) is 0 Å². The Morgan fingerprint density at radius 3 is 2.69 bits per heavy atom. The summed E-state index contributed by atoms with van der Waals surface area (Å²) in [4.78, 5) is 0. The number of rotatable bonds is 4. The SMILES string of the molecule is C#CC(NCC)C1CCC(CC)C1. The van der Waals surface area contributed by atoms with Crippen LogP contribution >= 0.6 is 0 Å². The molecule has 0 aromatic rings. The maximum absolute atomic E-state index is 5.51. The van der Waals surface area contributed by atoms with Crippen LogP contribution < -0.4 is 5.32 Å². The maximum atomic E-state index is 5.51. The Morgan fingerprint density at radius 2 is 2.23 bits per heavy atom. The minimum Gasteiger partial charge on any atom is -0.304 e. The van der Waals surface area contributed by atoms with Crippen molar-refractivity contribution in [3.8, 4) is 12.3 Å². The average molecular weight is 179 g/mol. The fraction of sp³-hybridized carbons (Fsp3) is 0.833. The summed E-state index contributed by atoms with van der Waals surface area (Å²) in [6.07, 6.45) is 10.9. The van der Waals surface area contributed by atoms with Gasteiger partial charge in [0.1, 0.15) is 0 Å². The molecule has 0 radical (unpaired) electrons. The molecule has 1 aliphatic rings. The van der Waals surface area contributed by atoms with E-state index in [0.29, 0.717) is 6.04 Å². The van der Waals surface area contributed by atoms with Crippen molar-refractivity contribution >= 4 is 0 Å². The predicted octanol–water partition coefficient (Wildman–Crippen LogP) is 2.42. The molecule has 74 valence electrons. The van der Waals surface area contributed by atoms with Gasteiger partial charge >= 0.3 is 0 Å². The minimum absolute atomic E-state index is 0.321. The highest BCUT2D eigenvalue weighted by Crippen LogP contribution is 2.34. The molecule has 1 aliphatic carbocycles. The first kappa shape index (κ1) is 10.6. The predicted molar refractivity (Wildman–Crippen MR) is 57.4 cm³/mol. The van der Waals surface area contributed by atoms with E-state index in [1.54, 1.807) is 0 Å². The average Bonchev–Trinajstić information content (AvgIpc) is 2.62. The summed E-state index contributed by atoms with van der Waals surface area (Å²) >= 11 is 0. The van der Waals surface area contributed by atoms with Gasteiger partial charge in [-0.05, 0) is 31.2 Å². The Hall–Kier alpha value is -0.480. The van der Waals surface area contributed by atoms with Crippen molar-refractivity contribution in [3.05, 3.63) is 0 Å². The number of hydrogen-bond donors (Lipinski definition) is 1. The molecule has 1 saturated carbocycles. The Bertz CT molecular complexity index is 180. The van der Waals surface area contributed by atoms with Crippen LogP contribution in [0.25, 0.3) is 0 Å². The Kier molecular flexibility index (Phi) is 4.32. The summed E-state index contributed by atoms with van der Waals surface area (Å²) < 4.78 is 0. The second-order valence-corrected chi connectivity index (χ2v) is 4.05. The highest BCUT2D eigenvalue weighted by Gasteiger charge is 2.28.